The number of nitrogens with zero attached hydrogens (tertiary/aromatic N) is 2. The van der Waals surface area contributed by atoms with Crippen LogP contribution in [-0.2, 0) is 0 Å². The SMILES string of the molecule is C=C(C)CNC(n1ccnc1)C(Cl)(Cl)CCl. The van der Waals surface area contributed by atoms with Crippen LogP contribution in [-0.4, -0.2) is 26.3 Å². The van der Waals surface area contributed by atoms with Crippen molar-refractivity contribution in [1.29, 1.82) is 0 Å². The molecule has 0 fully saturated rings. The minimum absolute atomic E-state index is 0.113. The Hall–Kier alpha value is -0.220. The number of rotatable bonds is 6. The van der Waals surface area contributed by atoms with E-state index in [9.17, 15) is 0 Å². The number of imidazole rings is 1. The molecule has 0 aliphatic carbocycles. The Balaban J connectivity index is 2.82. The van der Waals surface area contributed by atoms with Crippen molar-refractivity contribution in [2.75, 3.05) is 12.4 Å². The molecule has 1 unspecified atom stereocenters. The molecule has 0 saturated carbocycles. The highest BCUT2D eigenvalue weighted by molar-refractivity contribution is 6.51. The molecule has 16 heavy (non-hydrogen) atoms. The Bertz CT molecular complexity index is 335. The second-order valence-corrected chi connectivity index (χ2v) is 5.45. The fourth-order valence-electron chi connectivity index (χ4n) is 1.24. The molecule has 0 bridgehead atoms. The summed E-state index contributed by atoms with van der Waals surface area (Å²) in [4.78, 5) is 3.96. The summed E-state index contributed by atoms with van der Waals surface area (Å²) in [6, 6.07) is 0. The quantitative estimate of drug-likeness (QED) is 0.642. The lowest BCUT2D eigenvalue weighted by molar-refractivity contribution is 0.389. The van der Waals surface area contributed by atoms with Gasteiger partial charge in [-0.05, 0) is 6.92 Å². The molecule has 0 radical (unpaired) electrons. The average Bonchev–Trinajstić information content (AvgIpc) is 2.70. The number of hydrogen-bond donors (Lipinski definition) is 1. The first kappa shape index (κ1) is 13.8. The van der Waals surface area contributed by atoms with Gasteiger partial charge in [0.25, 0.3) is 0 Å². The van der Waals surface area contributed by atoms with Crippen molar-refractivity contribution in [1.82, 2.24) is 14.9 Å². The summed E-state index contributed by atoms with van der Waals surface area (Å²) in [5.41, 5.74) is 0.990. The molecule has 6 heteroatoms. The summed E-state index contributed by atoms with van der Waals surface area (Å²) in [6.45, 7) is 6.34. The Morgan fingerprint density at radius 3 is 2.75 bits per heavy atom. The maximum absolute atomic E-state index is 6.15. The minimum atomic E-state index is -1.10. The van der Waals surface area contributed by atoms with Crippen LogP contribution in [0.4, 0.5) is 0 Å². The molecule has 1 aromatic heterocycles. The normalized spacial score (nSPS) is 13.8. The molecule has 0 amide bonds. The fraction of sp³-hybridized carbons (Fsp3) is 0.500. The first-order chi connectivity index (χ1) is 7.47. The Morgan fingerprint density at radius 2 is 2.31 bits per heavy atom. The first-order valence-corrected chi connectivity index (χ1v) is 6.05. The number of nitrogens with one attached hydrogen (secondary N) is 1. The summed E-state index contributed by atoms with van der Waals surface area (Å²) in [5.74, 6) is 0.113. The number of hydrogen-bond acceptors (Lipinski definition) is 2. The first-order valence-electron chi connectivity index (χ1n) is 4.76. The van der Waals surface area contributed by atoms with E-state index in [1.807, 2.05) is 6.92 Å². The Labute approximate surface area is 110 Å². The second-order valence-electron chi connectivity index (χ2n) is 3.65. The van der Waals surface area contributed by atoms with Crippen molar-refractivity contribution in [3.63, 3.8) is 0 Å². The lowest BCUT2D eigenvalue weighted by Crippen LogP contribution is -2.41. The third-order valence-electron chi connectivity index (χ3n) is 2.00. The molecule has 0 saturated heterocycles. The Kier molecular flexibility index (Phi) is 5.12. The van der Waals surface area contributed by atoms with Crippen LogP contribution in [0.2, 0.25) is 0 Å². The molecule has 1 aromatic rings. The molecule has 90 valence electrons. The summed E-state index contributed by atoms with van der Waals surface area (Å²) in [5, 5.41) is 3.19. The van der Waals surface area contributed by atoms with E-state index in [0.29, 0.717) is 6.54 Å². The van der Waals surface area contributed by atoms with Crippen molar-refractivity contribution in [3.8, 4) is 0 Å². The van der Waals surface area contributed by atoms with E-state index in [0.717, 1.165) is 5.57 Å². The number of aromatic nitrogens is 2. The van der Waals surface area contributed by atoms with E-state index in [-0.39, 0.29) is 12.0 Å². The molecule has 1 atom stereocenters. The zero-order valence-electron chi connectivity index (χ0n) is 8.96. The van der Waals surface area contributed by atoms with E-state index in [1.165, 1.54) is 0 Å². The molecular weight excluding hydrogens is 268 g/mol. The predicted octanol–water partition coefficient (Wildman–Crippen LogP) is 2.96. The third-order valence-corrected chi connectivity index (χ3v) is 3.37. The van der Waals surface area contributed by atoms with Gasteiger partial charge in [-0.1, -0.05) is 35.4 Å². The van der Waals surface area contributed by atoms with Crippen LogP contribution >= 0.6 is 34.8 Å². The van der Waals surface area contributed by atoms with Crippen molar-refractivity contribution in [2.45, 2.75) is 17.4 Å². The second kappa shape index (κ2) is 5.92. The molecule has 1 heterocycles. The fourth-order valence-corrected chi connectivity index (χ4v) is 1.76. The van der Waals surface area contributed by atoms with E-state index >= 15 is 0 Å². The monoisotopic (exact) mass is 281 g/mol. The molecule has 3 nitrogen and oxygen atoms in total. The summed E-state index contributed by atoms with van der Waals surface area (Å²) in [7, 11) is 0. The van der Waals surface area contributed by atoms with Crippen LogP contribution < -0.4 is 5.32 Å². The van der Waals surface area contributed by atoms with Gasteiger partial charge < -0.3 is 4.57 Å². The summed E-state index contributed by atoms with van der Waals surface area (Å²) >= 11 is 18.1. The van der Waals surface area contributed by atoms with E-state index in [1.54, 1.807) is 23.3 Å². The molecular formula is C10H14Cl3N3. The average molecular weight is 283 g/mol. The van der Waals surface area contributed by atoms with E-state index in [2.05, 4.69) is 16.9 Å². The van der Waals surface area contributed by atoms with Crippen molar-refractivity contribution in [2.24, 2.45) is 0 Å². The van der Waals surface area contributed by atoms with Crippen molar-refractivity contribution >= 4 is 34.8 Å². The van der Waals surface area contributed by atoms with Crippen LogP contribution in [0.3, 0.4) is 0 Å². The van der Waals surface area contributed by atoms with Gasteiger partial charge in [0, 0.05) is 18.9 Å². The van der Waals surface area contributed by atoms with Gasteiger partial charge in [-0.2, -0.15) is 0 Å². The van der Waals surface area contributed by atoms with Gasteiger partial charge in [0.05, 0.1) is 12.2 Å². The lowest BCUT2D eigenvalue weighted by Gasteiger charge is -2.30. The van der Waals surface area contributed by atoms with Gasteiger partial charge in [-0.3, -0.25) is 5.32 Å². The van der Waals surface area contributed by atoms with Crippen molar-refractivity contribution < 1.29 is 0 Å². The van der Waals surface area contributed by atoms with Crippen LogP contribution in [0.15, 0.2) is 30.9 Å². The highest BCUT2D eigenvalue weighted by atomic mass is 35.5. The van der Waals surface area contributed by atoms with Gasteiger partial charge in [0.2, 0.25) is 0 Å². The van der Waals surface area contributed by atoms with Crippen LogP contribution in [0.1, 0.15) is 13.1 Å². The van der Waals surface area contributed by atoms with Gasteiger partial charge >= 0.3 is 0 Å². The maximum Gasteiger partial charge on any atom is 0.165 e. The minimum Gasteiger partial charge on any atom is -0.318 e. The van der Waals surface area contributed by atoms with Gasteiger partial charge in [-0.25, -0.2) is 4.98 Å². The molecule has 0 aromatic carbocycles. The van der Waals surface area contributed by atoms with Crippen molar-refractivity contribution in [3.05, 3.63) is 30.9 Å². The molecule has 1 rings (SSSR count). The maximum atomic E-state index is 6.15. The zero-order chi connectivity index (χ0) is 12.2. The highest BCUT2D eigenvalue weighted by Crippen LogP contribution is 2.33. The predicted molar refractivity (Wildman–Crippen MR) is 69.2 cm³/mol. The third kappa shape index (κ3) is 3.67. The summed E-state index contributed by atoms with van der Waals surface area (Å²) < 4.78 is 0.684. The number of halogens is 3. The summed E-state index contributed by atoms with van der Waals surface area (Å²) in [6.07, 6.45) is 4.74. The van der Waals surface area contributed by atoms with Gasteiger partial charge in [0.1, 0.15) is 6.17 Å². The topological polar surface area (TPSA) is 29.9 Å². The standard InChI is InChI=1S/C10H14Cl3N3/c1-8(2)5-15-9(10(12,13)6-11)16-4-3-14-7-16/h3-4,7,9,15H,1,5-6H2,2H3. The lowest BCUT2D eigenvalue weighted by atomic mass is 10.3. The molecule has 1 N–H and O–H groups in total. The van der Waals surface area contributed by atoms with Crippen LogP contribution in [0.5, 0.6) is 0 Å². The smallest absolute Gasteiger partial charge is 0.165 e. The van der Waals surface area contributed by atoms with Gasteiger partial charge in [-0.15, -0.1) is 11.6 Å². The van der Waals surface area contributed by atoms with Crippen LogP contribution in [0.25, 0.3) is 0 Å². The van der Waals surface area contributed by atoms with Gasteiger partial charge in [0.15, 0.2) is 4.33 Å². The Morgan fingerprint density at radius 1 is 1.62 bits per heavy atom. The largest absolute Gasteiger partial charge is 0.318 e. The van der Waals surface area contributed by atoms with Crippen LogP contribution in [0, 0.1) is 0 Å². The highest BCUT2D eigenvalue weighted by Gasteiger charge is 2.35. The number of alkyl halides is 3. The molecule has 0 aliphatic rings. The van der Waals surface area contributed by atoms with E-state index < -0.39 is 4.33 Å². The molecule has 0 aliphatic heterocycles. The van der Waals surface area contributed by atoms with E-state index in [4.69, 9.17) is 34.8 Å². The molecule has 0 spiro atoms. The zero-order valence-corrected chi connectivity index (χ0v) is 11.2.